The minimum Gasteiger partial charge on any atom is -0.481 e. The summed E-state index contributed by atoms with van der Waals surface area (Å²) in [7, 11) is 0. The summed E-state index contributed by atoms with van der Waals surface area (Å²) < 4.78 is 0. The summed E-state index contributed by atoms with van der Waals surface area (Å²) in [5.41, 5.74) is 11.1. The van der Waals surface area contributed by atoms with E-state index in [0.29, 0.717) is 5.69 Å². The van der Waals surface area contributed by atoms with Gasteiger partial charge in [-0.15, -0.1) is 0 Å². The predicted octanol–water partition coefficient (Wildman–Crippen LogP) is -3.12. The highest BCUT2D eigenvalue weighted by atomic mass is 32.1. The van der Waals surface area contributed by atoms with E-state index >= 15 is 0 Å². The van der Waals surface area contributed by atoms with Crippen LogP contribution in [-0.2, 0) is 35.2 Å². The first kappa shape index (κ1) is 29.4. The zero-order chi connectivity index (χ0) is 26.5. The van der Waals surface area contributed by atoms with Gasteiger partial charge in [0.1, 0.15) is 18.1 Å². The number of carbonyl (C=O) groups is 6. The van der Waals surface area contributed by atoms with Crippen LogP contribution in [0.1, 0.15) is 31.4 Å². The van der Waals surface area contributed by atoms with Crippen molar-refractivity contribution >= 4 is 48.2 Å². The van der Waals surface area contributed by atoms with Crippen molar-refractivity contribution in [2.75, 3.05) is 5.75 Å². The molecule has 1 heterocycles. The molecule has 0 aliphatic heterocycles. The standard InChI is InChI=1S/C19H29N7O8S/c20-10(1-3-14(21)27)16(30)26-13(7-35)18(32)24-11(2-4-15(28)29)17(31)25-12(19(33)34)5-9-6-22-8-23-9/h6,8,10-13,35H,1-5,7,20H2,(H2,21,27)(H,22,23)(H,24,32)(H,25,31)(H,26,30)(H,28,29)(H,33,34). The predicted molar refractivity (Wildman–Crippen MR) is 123 cm³/mol. The molecule has 4 unspecified atom stereocenters. The van der Waals surface area contributed by atoms with Gasteiger partial charge in [-0.2, -0.15) is 12.6 Å². The van der Waals surface area contributed by atoms with Crippen LogP contribution in [0.25, 0.3) is 0 Å². The van der Waals surface area contributed by atoms with Crippen molar-refractivity contribution in [2.45, 2.75) is 56.3 Å². The van der Waals surface area contributed by atoms with E-state index in [1.54, 1.807) is 0 Å². The number of amides is 4. The molecule has 4 atom stereocenters. The number of hydrogen-bond acceptors (Lipinski definition) is 9. The molecular weight excluding hydrogens is 486 g/mol. The summed E-state index contributed by atoms with van der Waals surface area (Å²) in [5.74, 6) is -6.04. The van der Waals surface area contributed by atoms with E-state index in [4.69, 9.17) is 16.6 Å². The molecule has 0 fully saturated rings. The van der Waals surface area contributed by atoms with E-state index in [1.807, 2.05) is 0 Å². The number of rotatable bonds is 16. The van der Waals surface area contributed by atoms with Crippen LogP contribution in [0.4, 0.5) is 0 Å². The summed E-state index contributed by atoms with van der Waals surface area (Å²) in [4.78, 5) is 77.5. The lowest BCUT2D eigenvalue weighted by Crippen LogP contribution is -2.57. The molecule has 35 heavy (non-hydrogen) atoms. The molecule has 10 N–H and O–H groups in total. The van der Waals surface area contributed by atoms with Crippen LogP contribution in [0.3, 0.4) is 0 Å². The highest BCUT2D eigenvalue weighted by Gasteiger charge is 2.30. The van der Waals surface area contributed by atoms with Gasteiger partial charge >= 0.3 is 11.9 Å². The molecule has 1 aromatic rings. The summed E-state index contributed by atoms with van der Waals surface area (Å²) in [5, 5.41) is 25.3. The highest BCUT2D eigenvalue weighted by molar-refractivity contribution is 7.80. The molecule has 1 aromatic heterocycles. The minimum absolute atomic E-state index is 0.0569. The Bertz CT molecular complexity index is 911. The van der Waals surface area contributed by atoms with Crippen LogP contribution in [0, 0.1) is 0 Å². The van der Waals surface area contributed by atoms with Crippen molar-refractivity contribution in [3.05, 3.63) is 18.2 Å². The quantitative estimate of drug-likeness (QED) is 0.1000. The van der Waals surface area contributed by atoms with Gasteiger partial charge in [-0.3, -0.25) is 24.0 Å². The molecule has 4 amide bonds. The summed E-state index contributed by atoms with van der Waals surface area (Å²) in [6, 6.07) is -5.21. The van der Waals surface area contributed by atoms with Crippen LogP contribution in [0.2, 0.25) is 0 Å². The maximum Gasteiger partial charge on any atom is 0.326 e. The van der Waals surface area contributed by atoms with E-state index in [0.717, 1.165) is 0 Å². The summed E-state index contributed by atoms with van der Waals surface area (Å²) in [6.07, 6.45) is 1.50. The van der Waals surface area contributed by atoms with Gasteiger partial charge in [0.15, 0.2) is 0 Å². The zero-order valence-corrected chi connectivity index (χ0v) is 19.5. The van der Waals surface area contributed by atoms with Crippen LogP contribution in [-0.4, -0.2) is 85.7 Å². The SMILES string of the molecule is NC(=O)CCC(N)C(=O)NC(CS)C(=O)NC(CCC(=O)O)C(=O)NC(Cc1cnc[nH]1)C(=O)O. The van der Waals surface area contributed by atoms with Gasteiger partial charge in [0, 0.05) is 36.9 Å². The van der Waals surface area contributed by atoms with E-state index in [-0.39, 0.29) is 31.4 Å². The van der Waals surface area contributed by atoms with Gasteiger partial charge in [0.2, 0.25) is 23.6 Å². The number of H-pyrrole nitrogens is 1. The average molecular weight is 516 g/mol. The molecular formula is C19H29N7O8S. The van der Waals surface area contributed by atoms with E-state index in [2.05, 4.69) is 38.5 Å². The average Bonchev–Trinajstić information content (AvgIpc) is 3.30. The van der Waals surface area contributed by atoms with Gasteiger partial charge in [0.25, 0.3) is 0 Å². The first-order valence-electron chi connectivity index (χ1n) is 10.4. The van der Waals surface area contributed by atoms with Gasteiger partial charge in [0.05, 0.1) is 12.4 Å². The van der Waals surface area contributed by atoms with Crippen LogP contribution >= 0.6 is 12.6 Å². The maximum absolute atomic E-state index is 12.7. The number of nitrogens with two attached hydrogens (primary N) is 2. The molecule has 0 aliphatic carbocycles. The van der Waals surface area contributed by atoms with Crippen LogP contribution in [0.15, 0.2) is 12.5 Å². The fourth-order valence-corrected chi connectivity index (χ4v) is 3.06. The monoisotopic (exact) mass is 515 g/mol. The molecule has 0 spiro atoms. The number of nitrogens with zero attached hydrogens (tertiary/aromatic N) is 1. The number of thiol groups is 1. The first-order chi connectivity index (χ1) is 16.4. The zero-order valence-electron chi connectivity index (χ0n) is 18.6. The molecule has 0 radical (unpaired) electrons. The van der Waals surface area contributed by atoms with Crippen LogP contribution < -0.4 is 27.4 Å². The first-order valence-corrected chi connectivity index (χ1v) is 11.1. The normalized spacial score (nSPS) is 14.1. The van der Waals surface area contributed by atoms with E-state index in [1.165, 1.54) is 12.5 Å². The Balaban J connectivity index is 2.88. The van der Waals surface area contributed by atoms with E-state index < -0.39 is 66.2 Å². The second-order valence-corrected chi connectivity index (χ2v) is 7.89. The molecule has 0 saturated heterocycles. The van der Waals surface area contributed by atoms with E-state index in [9.17, 15) is 33.9 Å². The number of carboxylic acid groups (broad SMARTS) is 2. The number of aromatic amines is 1. The number of aromatic nitrogens is 2. The van der Waals surface area contributed by atoms with Gasteiger partial charge in [-0.25, -0.2) is 9.78 Å². The highest BCUT2D eigenvalue weighted by Crippen LogP contribution is 2.04. The molecule has 15 nitrogen and oxygen atoms in total. The third kappa shape index (κ3) is 10.9. The Morgan fingerprint density at radius 3 is 2.06 bits per heavy atom. The van der Waals surface area contributed by atoms with Gasteiger partial charge < -0.3 is 42.6 Å². The maximum atomic E-state index is 12.7. The number of carboxylic acids is 2. The fourth-order valence-electron chi connectivity index (χ4n) is 2.80. The number of hydrogen-bond donors (Lipinski definition) is 9. The molecule has 194 valence electrons. The molecule has 0 bridgehead atoms. The largest absolute Gasteiger partial charge is 0.481 e. The van der Waals surface area contributed by atoms with Gasteiger partial charge in [-0.05, 0) is 12.8 Å². The van der Waals surface area contributed by atoms with Crippen molar-refractivity contribution in [3.63, 3.8) is 0 Å². The third-order valence-corrected chi connectivity index (χ3v) is 5.09. The topological polar surface area (TPSA) is 260 Å². The second kappa shape index (κ2) is 14.6. The fraction of sp³-hybridized carbons (Fsp3) is 0.526. The lowest BCUT2D eigenvalue weighted by atomic mass is 10.1. The Labute approximate surface area is 205 Å². The molecule has 0 aliphatic rings. The minimum atomic E-state index is -1.43. The lowest BCUT2D eigenvalue weighted by molar-refractivity contribution is -0.143. The number of carbonyl (C=O) groups excluding carboxylic acids is 4. The number of imidazole rings is 1. The number of primary amides is 1. The Morgan fingerprint density at radius 2 is 1.54 bits per heavy atom. The van der Waals surface area contributed by atoms with Crippen molar-refractivity contribution in [3.8, 4) is 0 Å². The Morgan fingerprint density at radius 1 is 0.943 bits per heavy atom. The number of aliphatic carboxylic acids is 2. The summed E-state index contributed by atoms with van der Waals surface area (Å²) >= 11 is 4.00. The molecule has 16 heteroatoms. The Kier molecular flexibility index (Phi) is 12.2. The van der Waals surface area contributed by atoms with Crippen molar-refractivity contribution in [1.29, 1.82) is 0 Å². The van der Waals surface area contributed by atoms with Crippen molar-refractivity contribution < 1.29 is 39.0 Å². The molecule has 0 aromatic carbocycles. The van der Waals surface area contributed by atoms with Crippen molar-refractivity contribution in [1.82, 2.24) is 25.9 Å². The molecule has 0 saturated carbocycles. The van der Waals surface area contributed by atoms with Crippen LogP contribution in [0.5, 0.6) is 0 Å². The van der Waals surface area contributed by atoms with Crippen molar-refractivity contribution in [2.24, 2.45) is 11.5 Å². The summed E-state index contributed by atoms with van der Waals surface area (Å²) in [6.45, 7) is 0. The third-order valence-electron chi connectivity index (χ3n) is 4.73. The van der Waals surface area contributed by atoms with Gasteiger partial charge in [-0.1, -0.05) is 0 Å². The number of nitrogens with one attached hydrogen (secondary N) is 4. The Hall–Kier alpha value is -3.66. The smallest absolute Gasteiger partial charge is 0.326 e. The second-order valence-electron chi connectivity index (χ2n) is 7.53. The lowest BCUT2D eigenvalue weighted by Gasteiger charge is -2.24. The molecule has 1 rings (SSSR count).